The fourth-order valence-electron chi connectivity index (χ4n) is 3.03. The Kier molecular flexibility index (Phi) is 3.58. The summed E-state index contributed by atoms with van der Waals surface area (Å²) in [7, 11) is 0. The van der Waals surface area contributed by atoms with Crippen molar-refractivity contribution in [3.8, 4) is 5.69 Å². The molecule has 0 unspecified atom stereocenters. The fraction of sp³-hybridized carbons (Fsp3) is 0.100. The first kappa shape index (κ1) is 14.6. The number of benzene rings is 2. The van der Waals surface area contributed by atoms with Crippen LogP contribution in [0.25, 0.3) is 11.8 Å². The zero-order valence-electron chi connectivity index (χ0n) is 12.9. The molecule has 0 amide bonds. The molecular weight excluding hydrogens is 303 g/mol. The second-order valence-electron chi connectivity index (χ2n) is 5.80. The Balaban J connectivity index is 1.69. The van der Waals surface area contributed by atoms with Crippen LogP contribution in [0.1, 0.15) is 28.0 Å². The van der Waals surface area contributed by atoms with E-state index in [-0.39, 0.29) is 11.6 Å². The summed E-state index contributed by atoms with van der Waals surface area (Å²) in [4.78, 5) is 12.7. The third-order valence-electron chi connectivity index (χ3n) is 4.25. The van der Waals surface area contributed by atoms with Crippen molar-refractivity contribution in [3.63, 3.8) is 0 Å². The van der Waals surface area contributed by atoms with Crippen molar-refractivity contribution >= 4 is 11.9 Å². The van der Waals surface area contributed by atoms with Gasteiger partial charge in [-0.1, -0.05) is 30.3 Å². The number of aromatic nitrogens is 2. The van der Waals surface area contributed by atoms with Gasteiger partial charge in [0.25, 0.3) is 0 Å². The Morgan fingerprint density at radius 3 is 2.50 bits per heavy atom. The van der Waals surface area contributed by atoms with Gasteiger partial charge in [0.15, 0.2) is 5.78 Å². The van der Waals surface area contributed by atoms with Crippen LogP contribution in [0.4, 0.5) is 4.39 Å². The van der Waals surface area contributed by atoms with E-state index in [0.29, 0.717) is 12.0 Å². The summed E-state index contributed by atoms with van der Waals surface area (Å²) in [5.74, 6) is -0.277. The maximum atomic E-state index is 13.0. The third-order valence-corrected chi connectivity index (χ3v) is 4.25. The molecule has 3 aromatic rings. The first-order valence-electron chi connectivity index (χ1n) is 7.85. The molecule has 0 atom stereocenters. The highest BCUT2D eigenvalue weighted by Gasteiger charge is 2.26. The van der Waals surface area contributed by atoms with E-state index < -0.39 is 0 Å². The largest absolute Gasteiger partial charge is 0.289 e. The number of carbonyl (C=O) groups excluding carboxylic acids is 1. The molecule has 0 spiro atoms. The van der Waals surface area contributed by atoms with Gasteiger partial charge in [-0.2, -0.15) is 5.10 Å². The first-order chi connectivity index (χ1) is 11.7. The van der Waals surface area contributed by atoms with Gasteiger partial charge in [-0.05, 0) is 48.7 Å². The highest BCUT2D eigenvalue weighted by atomic mass is 19.1. The molecule has 0 saturated carbocycles. The van der Waals surface area contributed by atoms with Crippen LogP contribution in [-0.4, -0.2) is 15.6 Å². The Labute approximate surface area is 139 Å². The lowest BCUT2D eigenvalue weighted by Gasteiger charge is -2.16. The maximum Gasteiger partial charge on any atom is 0.192 e. The molecule has 0 aliphatic heterocycles. The fourth-order valence-corrected chi connectivity index (χ4v) is 3.03. The van der Waals surface area contributed by atoms with Gasteiger partial charge in [-0.3, -0.25) is 4.79 Å². The molecular formula is C20H15FN2O. The van der Waals surface area contributed by atoms with Gasteiger partial charge >= 0.3 is 0 Å². The molecule has 4 heteroatoms. The molecule has 0 radical (unpaired) electrons. The Morgan fingerprint density at radius 1 is 1.00 bits per heavy atom. The SMILES string of the molecule is O=C1C(=Cc2ccc(F)cc2)CCc2c1cnn2-c1ccccc1. The number of hydrogen-bond acceptors (Lipinski definition) is 2. The third kappa shape index (κ3) is 2.56. The van der Waals surface area contributed by atoms with E-state index in [1.165, 1.54) is 12.1 Å². The summed E-state index contributed by atoms with van der Waals surface area (Å²) >= 11 is 0. The average Bonchev–Trinajstić information content (AvgIpc) is 3.05. The number of Topliss-reactive ketones (excluding diaryl/α,β-unsaturated/α-hetero) is 1. The van der Waals surface area contributed by atoms with Crippen LogP contribution in [0.2, 0.25) is 0 Å². The number of nitrogens with zero attached hydrogens (tertiary/aromatic N) is 2. The summed E-state index contributed by atoms with van der Waals surface area (Å²) in [6, 6.07) is 16.0. The minimum absolute atomic E-state index is 0.00255. The molecule has 4 rings (SSSR count). The second-order valence-corrected chi connectivity index (χ2v) is 5.80. The second kappa shape index (κ2) is 5.89. The van der Waals surface area contributed by atoms with E-state index in [9.17, 15) is 9.18 Å². The lowest BCUT2D eigenvalue weighted by Crippen LogP contribution is -2.15. The molecule has 1 aliphatic carbocycles. The van der Waals surface area contributed by atoms with Crippen molar-refractivity contribution in [1.82, 2.24) is 9.78 Å². The molecule has 0 N–H and O–H groups in total. The standard InChI is InChI=1S/C20H15FN2O/c21-16-9-6-14(7-10-16)12-15-8-11-19-18(20(15)24)13-22-23(19)17-4-2-1-3-5-17/h1-7,9-10,12-13H,8,11H2. The summed E-state index contributed by atoms with van der Waals surface area (Å²) in [5, 5.41) is 4.39. The van der Waals surface area contributed by atoms with Gasteiger partial charge in [0.05, 0.1) is 23.1 Å². The van der Waals surface area contributed by atoms with Crippen LogP contribution in [0.3, 0.4) is 0 Å². The van der Waals surface area contributed by atoms with Crippen LogP contribution in [0, 0.1) is 5.82 Å². The van der Waals surface area contributed by atoms with E-state index in [0.717, 1.165) is 28.9 Å². The molecule has 118 valence electrons. The maximum absolute atomic E-state index is 13.0. The molecule has 0 bridgehead atoms. The Bertz CT molecular complexity index is 924. The van der Waals surface area contributed by atoms with Crippen LogP contribution in [-0.2, 0) is 6.42 Å². The number of para-hydroxylation sites is 1. The van der Waals surface area contributed by atoms with E-state index in [1.54, 1.807) is 18.3 Å². The number of allylic oxidation sites excluding steroid dienone is 1. The van der Waals surface area contributed by atoms with Crippen molar-refractivity contribution in [2.45, 2.75) is 12.8 Å². The van der Waals surface area contributed by atoms with Crippen LogP contribution >= 0.6 is 0 Å². The molecule has 1 aliphatic rings. The molecule has 1 aromatic heterocycles. The predicted octanol–water partition coefficient (Wildman–Crippen LogP) is 4.22. The van der Waals surface area contributed by atoms with E-state index >= 15 is 0 Å². The predicted molar refractivity (Wildman–Crippen MR) is 90.6 cm³/mol. The summed E-state index contributed by atoms with van der Waals surface area (Å²) < 4.78 is 14.8. The van der Waals surface area contributed by atoms with E-state index in [1.807, 2.05) is 41.1 Å². The van der Waals surface area contributed by atoms with Crippen LogP contribution in [0.15, 0.2) is 66.4 Å². The number of carbonyl (C=O) groups is 1. The number of fused-ring (bicyclic) bond motifs is 1. The van der Waals surface area contributed by atoms with Gasteiger partial charge in [-0.15, -0.1) is 0 Å². The Hall–Kier alpha value is -3.01. The quantitative estimate of drug-likeness (QED) is 0.663. The first-order valence-corrected chi connectivity index (χ1v) is 7.85. The van der Waals surface area contributed by atoms with Gasteiger partial charge in [-0.25, -0.2) is 9.07 Å². The van der Waals surface area contributed by atoms with Crippen molar-refractivity contribution in [3.05, 3.63) is 89.0 Å². The smallest absolute Gasteiger partial charge is 0.192 e. The van der Waals surface area contributed by atoms with Gasteiger partial charge in [0, 0.05) is 5.57 Å². The minimum atomic E-state index is -0.279. The summed E-state index contributed by atoms with van der Waals surface area (Å²) in [6.45, 7) is 0. The van der Waals surface area contributed by atoms with E-state index in [4.69, 9.17) is 0 Å². The zero-order chi connectivity index (χ0) is 16.5. The summed E-state index contributed by atoms with van der Waals surface area (Å²) in [6.07, 6.45) is 4.89. The van der Waals surface area contributed by atoms with Gasteiger partial charge in [0.2, 0.25) is 0 Å². The molecule has 0 saturated heterocycles. The average molecular weight is 318 g/mol. The van der Waals surface area contributed by atoms with Crippen LogP contribution in [0.5, 0.6) is 0 Å². The normalized spacial score (nSPS) is 15.5. The van der Waals surface area contributed by atoms with Crippen molar-refractivity contribution in [2.24, 2.45) is 0 Å². The Morgan fingerprint density at radius 2 is 1.75 bits per heavy atom. The topological polar surface area (TPSA) is 34.9 Å². The molecule has 3 nitrogen and oxygen atoms in total. The monoisotopic (exact) mass is 318 g/mol. The van der Waals surface area contributed by atoms with Gasteiger partial charge in [0.1, 0.15) is 5.82 Å². The lowest BCUT2D eigenvalue weighted by molar-refractivity contribution is 0.102. The number of halogens is 1. The van der Waals surface area contributed by atoms with E-state index in [2.05, 4.69) is 5.10 Å². The number of hydrogen-bond donors (Lipinski definition) is 0. The highest BCUT2D eigenvalue weighted by Crippen LogP contribution is 2.28. The summed E-state index contributed by atoms with van der Waals surface area (Å²) in [5.41, 5.74) is 4.12. The lowest BCUT2D eigenvalue weighted by atomic mass is 9.90. The number of rotatable bonds is 2. The van der Waals surface area contributed by atoms with Crippen LogP contribution < -0.4 is 0 Å². The molecule has 2 aromatic carbocycles. The van der Waals surface area contributed by atoms with Gasteiger partial charge < -0.3 is 0 Å². The van der Waals surface area contributed by atoms with Crippen molar-refractivity contribution in [1.29, 1.82) is 0 Å². The molecule has 1 heterocycles. The zero-order valence-corrected chi connectivity index (χ0v) is 12.9. The molecule has 24 heavy (non-hydrogen) atoms. The number of ketones is 1. The van der Waals surface area contributed by atoms with Crippen molar-refractivity contribution < 1.29 is 9.18 Å². The molecule has 0 fully saturated rings. The van der Waals surface area contributed by atoms with Crippen molar-refractivity contribution in [2.75, 3.05) is 0 Å². The minimum Gasteiger partial charge on any atom is -0.289 e. The highest BCUT2D eigenvalue weighted by molar-refractivity contribution is 6.12.